The van der Waals surface area contributed by atoms with E-state index < -0.39 is 0 Å². The van der Waals surface area contributed by atoms with Gasteiger partial charge in [-0.2, -0.15) is 0 Å². The van der Waals surface area contributed by atoms with Gasteiger partial charge in [0.05, 0.1) is 11.7 Å². The number of amides is 1. The van der Waals surface area contributed by atoms with Gasteiger partial charge < -0.3 is 9.84 Å². The largest absolute Gasteiger partial charge is 0.360 e. The standard InChI is InChI=1S/C18H23N3O2/c1-11(2)15(16-12(3)7-6-10-19-16)20-18(22)17-13-8-4-5-9-14(13)23-21-17/h6-7,10-11,15H,4-5,8-9H2,1-3H3,(H,20,22). The van der Waals surface area contributed by atoms with E-state index >= 15 is 0 Å². The molecule has 0 fully saturated rings. The van der Waals surface area contributed by atoms with Crippen LogP contribution in [0.1, 0.15) is 65.8 Å². The smallest absolute Gasteiger partial charge is 0.274 e. The Bertz CT molecular complexity index is 706. The molecule has 3 rings (SSSR count). The lowest BCUT2D eigenvalue weighted by Crippen LogP contribution is -2.33. The van der Waals surface area contributed by atoms with Crippen molar-refractivity contribution in [3.63, 3.8) is 0 Å². The molecule has 0 radical (unpaired) electrons. The summed E-state index contributed by atoms with van der Waals surface area (Å²) in [4.78, 5) is 17.2. The molecule has 23 heavy (non-hydrogen) atoms. The minimum absolute atomic E-state index is 0.139. The summed E-state index contributed by atoms with van der Waals surface area (Å²) in [7, 11) is 0. The van der Waals surface area contributed by atoms with Gasteiger partial charge in [0.25, 0.3) is 5.91 Å². The molecule has 5 nitrogen and oxygen atoms in total. The molecule has 2 aromatic heterocycles. The topological polar surface area (TPSA) is 68.0 Å². The first-order valence-corrected chi connectivity index (χ1v) is 8.27. The van der Waals surface area contributed by atoms with Crippen molar-refractivity contribution < 1.29 is 9.32 Å². The highest BCUT2D eigenvalue weighted by Gasteiger charge is 2.27. The molecule has 1 amide bonds. The normalized spacial score (nSPS) is 15.3. The lowest BCUT2D eigenvalue weighted by Gasteiger charge is -2.23. The molecule has 1 N–H and O–H groups in total. The minimum atomic E-state index is -0.166. The molecular formula is C18H23N3O2. The van der Waals surface area contributed by atoms with Gasteiger partial charge in [-0.05, 0) is 43.7 Å². The summed E-state index contributed by atoms with van der Waals surface area (Å²) in [5, 5.41) is 7.12. The molecule has 1 unspecified atom stereocenters. The molecular weight excluding hydrogens is 290 g/mol. The van der Waals surface area contributed by atoms with E-state index in [1.165, 1.54) is 0 Å². The Morgan fingerprint density at radius 2 is 2.09 bits per heavy atom. The third-order valence-electron chi connectivity index (χ3n) is 4.46. The molecule has 0 aliphatic heterocycles. The zero-order valence-electron chi connectivity index (χ0n) is 13.9. The molecule has 0 aromatic carbocycles. The fourth-order valence-electron chi connectivity index (χ4n) is 3.15. The van der Waals surface area contributed by atoms with Crippen molar-refractivity contribution in [3.8, 4) is 0 Å². The number of hydrogen-bond acceptors (Lipinski definition) is 4. The van der Waals surface area contributed by atoms with Gasteiger partial charge in [-0.1, -0.05) is 25.1 Å². The van der Waals surface area contributed by atoms with Crippen LogP contribution in [0.5, 0.6) is 0 Å². The lowest BCUT2D eigenvalue weighted by molar-refractivity contribution is 0.0914. The number of carbonyl (C=O) groups is 1. The van der Waals surface area contributed by atoms with Crippen molar-refractivity contribution in [1.29, 1.82) is 0 Å². The fraction of sp³-hybridized carbons (Fsp3) is 0.500. The first kappa shape index (κ1) is 15.7. The van der Waals surface area contributed by atoms with E-state index in [0.717, 1.165) is 48.3 Å². The van der Waals surface area contributed by atoms with E-state index in [9.17, 15) is 4.79 Å². The molecule has 0 saturated heterocycles. The number of carbonyl (C=O) groups excluding carboxylic acids is 1. The van der Waals surface area contributed by atoms with Crippen molar-refractivity contribution in [1.82, 2.24) is 15.5 Å². The molecule has 122 valence electrons. The van der Waals surface area contributed by atoms with Crippen LogP contribution in [-0.4, -0.2) is 16.0 Å². The molecule has 5 heteroatoms. The first-order chi connectivity index (χ1) is 11.1. The third kappa shape index (κ3) is 3.14. The van der Waals surface area contributed by atoms with Crippen LogP contribution in [-0.2, 0) is 12.8 Å². The maximum Gasteiger partial charge on any atom is 0.274 e. The summed E-state index contributed by atoms with van der Waals surface area (Å²) < 4.78 is 5.35. The Kier molecular flexibility index (Phi) is 4.46. The number of rotatable bonds is 4. The summed E-state index contributed by atoms with van der Waals surface area (Å²) in [5.74, 6) is 0.937. The Labute approximate surface area is 136 Å². The van der Waals surface area contributed by atoms with E-state index in [-0.39, 0.29) is 17.9 Å². The predicted octanol–water partition coefficient (Wildman–Crippen LogP) is 3.38. The molecule has 0 saturated carbocycles. The Balaban J connectivity index is 1.85. The highest BCUT2D eigenvalue weighted by Crippen LogP contribution is 2.26. The predicted molar refractivity (Wildman–Crippen MR) is 87.2 cm³/mol. The van der Waals surface area contributed by atoms with Crippen LogP contribution in [0.4, 0.5) is 0 Å². The third-order valence-corrected chi connectivity index (χ3v) is 4.46. The van der Waals surface area contributed by atoms with Gasteiger partial charge in [0.15, 0.2) is 5.69 Å². The summed E-state index contributed by atoms with van der Waals surface area (Å²) in [6.07, 6.45) is 5.70. The highest BCUT2D eigenvalue weighted by molar-refractivity contribution is 5.94. The van der Waals surface area contributed by atoms with Crippen molar-refractivity contribution in [3.05, 3.63) is 46.6 Å². The van der Waals surface area contributed by atoms with E-state index in [2.05, 4.69) is 29.3 Å². The maximum absolute atomic E-state index is 12.7. The number of aromatic nitrogens is 2. The number of hydrogen-bond donors (Lipinski definition) is 1. The van der Waals surface area contributed by atoms with Gasteiger partial charge in [-0.15, -0.1) is 0 Å². The zero-order chi connectivity index (χ0) is 16.4. The summed E-state index contributed by atoms with van der Waals surface area (Å²) >= 11 is 0. The van der Waals surface area contributed by atoms with Gasteiger partial charge in [-0.3, -0.25) is 9.78 Å². The second kappa shape index (κ2) is 6.52. The average Bonchev–Trinajstić information content (AvgIpc) is 2.97. The number of pyridine rings is 1. The van der Waals surface area contributed by atoms with Crippen LogP contribution < -0.4 is 5.32 Å². The quantitative estimate of drug-likeness (QED) is 0.939. The van der Waals surface area contributed by atoms with Gasteiger partial charge in [0, 0.05) is 18.2 Å². The SMILES string of the molecule is Cc1cccnc1C(NC(=O)c1noc2c1CCCC2)C(C)C. The monoisotopic (exact) mass is 313 g/mol. The molecule has 2 aromatic rings. The number of aryl methyl sites for hydroxylation is 2. The van der Waals surface area contributed by atoms with Gasteiger partial charge in [0.2, 0.25) is 0 Å². The second-order valence-corrected chi connectivity index (χ2v) is 6.54. The van der Waals surface area contributed by atoms with Crippen LogP contribution in [0.3, 0.4) is 0 Å². The number of fused-ring (bicyclic) bond motifs is 1. The van der Waals surface area contributed by atoms with Crippen LogP contribution in [0.15, 0.2) is 22.9 Å². The second-order valence-electron chi connectivity index (χ2n) is 6.54. The zero-order valence-corrected chi connectivity index (χ0v) is 13.9. The van der Waals surface area contributed by atoms with Gasteiger partial charge >= 0.3 is 0 Å². The number of nitrogens with zero attached hydrogens (tertiary/aromatic N) is 2. The van der Waals surface area contributed by atoms with E-state index in [4.69, 9.17) is 4.52 Å². The van der Waals surface area contributed by atoms with Gasteiger partial charge in [0.1, 0.15) is 5.76 Å². The van der Waals surface area contributed by atoms with Crippen molar-refractivity contribution >= 4 is 5.91 Å². The van der Waals surface area contributed by atoms with Crippen LogP contribution in [0.25, 0.3) is 0 Å². The molecule has 2 heterocycles. The highest BCUT2D eigenvalue weighted by atomic mass is 16.5. The molecule has 0 spiro atoms. The van der Waals surface area contributed by atoms with Crippen molar-refractivity contribution in [2.45, 2.75) is 52.5 Å². The Morgan fingerprint density at radius 1 is 1.30 bits per heavy atom. The fourth-order valence-corrected chi connectivity index (χ4v) is 3.15. The first-order valence-electron chi connectivity index (χ1n) is 8.27. The maximum atomic E-state index is 12.7. The Hall–Kier alpha value is -2.17. The molecule has 1 aliphatic rings. The molecule has 1 aliphatic carbocycles. The van der Waals surface area contributed by atoms with Crippen molar-refractivity contribution in [2.75, 3.05) is 0 Å². The molecule has 0 bridgehead atoms. The van der Waals surface area contributed by atoms with E-state index in [1.54, 1.807) is 6.20 Å². The van der Waals surface area contributed by atoms with Crippen LogP contribution in [0.2, 0.25) is 0 Å². The van der Waals surface area contributed by atoms with Crippen LogP contribution in [0, 0.1) is 12.8 Å². The average molecular weight is 313 g/mol. The Morgan fingerprint density at radius 3 is 2.83 bits per heavy atom. The number of nitrogens with one attached hydrogen (secondary N) is 1. The lowest BCUT2D eigenvalue weighted by atomic mass is 9.95. The van der Waals surface area contributed by atoms with E-state index in [1.807, 2.05) is 19.1 Å². The van der Waals surface area contributed by atoms with Crippen LogP contribution >= 0.6 is 0 Å². The minimum Gasteiger partial charge on any atom is -0.360 e. The summed E-state index contributed by atoms with van der Waals surface area (Å²) in [6, 6.07) is 3.79. The van der Waals surface area contributed by atoms with Crippen molar-refractivity contribution in [2.24, 2.45) is 5.92 Å². The summed E-state index contributed by atoms with van der Waals surface area (Å²) in [5.41, 5.74) is 3.41. The molecule has 1 atom stereocenters. The summed E-state index contributed by atoms with van der Waals surface area (Å²) in [6.45, 7) is 6.18. The van der Waals surface area contributed by atoms with Gasteiger partial charge in [-0.25, -0.2) is 0 Å². The van der Waals surface area contributed by atoms with E-state index in [0.29, 0.717) is 5.69 Å².